The van der Waals surface area contributed by atoms with Gasteiger partial charge in [0.1, 0.15) is 0 Å². The normalized spacial score (nSPS) is 11.6. The van der Waals surface area contributed by atoms with Crippen molar-refractivity contribution in [2.75, 3.05) is 0 Å². The molecule has 0 aliphatic carbocycles. The quantitative estimate of drug-likeness (QED) is 0.483. The van der Waals surface area contributed by atoms with E-state index in [-0.39, 0.29) is 5.56 Å². The van der Waals surface area contributed by atoms with Crippen LogP contribution in [0.1, 0.15) is 21.5 Å². The number of nitrogens with zero attached hydrogens (tertiary/aromatic N) is 1. The van der Waals surface area contributed by atoms with Gasteiger partial charge in [-0.3, -0.25) is 4.79 Å². The van der Waals surface area contributed by atoms with Crippen molar-refractivity contribution in [3.63, 3.8) is 0 Å². The van der Waals surface area contributed by atoms with Crippen molar-refractivity contribution in [1.82, 2.24) is 4.57 Å². The topological polar surface area (TPSA) is 22.0 Å². The van der Waals surface area contributed by atoms with Gasteiger partial charge >= 0.3 is 6.18 Å². The van der Waals surface area contributed by atoms with E-state index < -0.39 is 17.5 Å². The number of hydrogen-bond acceptors (Lipinski definition) is 1. The molecule has 0 radical (unpaired) electrons. The second-order valence-electron chi connectivity index (χ2n) is 5.41. The fraction of sp³-hybridized carbons (Fsp3) is 0.105. The van der Waals surface area contributed by atoms with E-state index in [9.17, 15) is 18.0 Å². The average Bonchev–Trinajstić information content (AvgIpc) is 2.93. The third-order valence-corrected chi connectivity index (χ3v) is 3.81. The van der Waals surface area contributed by atoms with Gasteiger partial charge in [-0.15, -0.1) is 6.58 Å². The molecule has 122 valence electrons. The Hall–Kier alpha value is -2.82. The van der Waals surface area contributed by atoms with Crippen LogP contribution in [0.5, 0.6) is 0 Å². The largest absolute Gasteiger partial charge is 0.416 e. The van der Waals surface area contributed by atoms with E-state index in [4.69, 9.17) is 0 Å². The van der Waals surface area contributed by atoms with E-state index in [2.05, 4.69) is 6.58 Å². The molecular weight excluding hydrogens is 315 g/mol. The number of fused-ring (bicyclic) bond motifs is 1. The lowest BCUT2D eigenvalue weighted by molar-refractivity contribution is -0.137. The summed E-state index contributed by atoms with van der Waals surface area (Å²) in [6, 6.07) is 11.8. The fourth-order valence-electron chi connectivity index (χ4n) is 2.71. The molecule has 0 atom stereocenters. The molecule has 24 heavy (non-hydrogen) atoms. The highest BCUT2D eigenvalue weighted by atomic mass is 19.4. The Kier molecular flexibility index (Phi) is 4.01. The van der Waals surface area contributed by atoms with Crippen molar-refractivity contribution >= 4 is 16.7 Å². The minimum Gasteiger partial charge on any atom is -0.343 e. The highest BCUT2D eigenvalue weighted by Crippen LogP contribution is 2.31. The van der Waals surface area contributed by atoms with Gasteiger partial charge in [0.2, 0.25) is 0 Å². The van der Waals surface area contributed by atoms with Crippen molar-refractivity contribution in [3.05, 3.63) is 84.1 Å². The summed E-state index contributed by atoms with van der Waals surface area (Å²) in [5.41, 5.74) is 0.411. The van der Waals surface area contributed by atoms with Gasteiger partial charge in [-0.05, 0) is 18.2 Å². The van der Waals surface area contributed by atoms with Crippen LogP contribution in [0.4, 0.5) is 13.2 Å². The maximum absolute atomic E-state index is 12.9. The molecule has 3 aromatic rings. The summed E-state index contributed by atoms with van der Waals surface area (Å²) in [5.74, 6) is -0.430. The van der Waals surface area contributed by atoms with Crippen LogP contribution >= 0.6 is 0 Å². The summed E-state index contributed by atoms with van der Waals surface area (Å²) in [6.07, 6.45) is -1.12. The molecule has 1 heterocycles. The lowest BCUT2D eigenvalue weighted by Gasteiger charge is -2.08. The SMILES string of the molecule is C=CCn1cc(C(=O)c2cccc(C(F)(F)F)c2)c2ccccc21. The van der Waals surface area contributed by atoms with Crippen LogP contribution in [0.15, 0.2) is 67.4 Å². The number of aromatic nitrogens is 1. The van der Waals surface area contributed by atoms with Crippen molar-refractivity contribution in [2.24, 2.45) is 0 Å². The van der Waals surface area contributed by atoms with Crippen LogP contribution in [0, 0.1) is 0 Å². The van der Waals surface area contributed by atoms with Crippen molar-refractivity contribution in [2.45, 2.75) is 12.7 Å². The summed E-state index contributed by atoms with van der Waals surface area (Å²) in [4.78, 5) is 12.8. The van der Waals surface area contributed by atoms with E-state index in [1.165, 1.54) is 12.1 Å². The highest BCUT2D eigenvalue weighted by molar-refractivity contribution is 6.16. The minimum absolute atomic E-state index is 0.0198. The molecule has 0 amide bonds. The van der Waals surface area contributed by atoms with E-state index >= 15 is 0 Å². The Balaban J connectivity index is 2.11. The van der Waals surface area contributed by atoms with Crippen molar-refractivity contribution < 1.29 is 18.0 Å². The lowest BCUT2D eigenvalue weighted by atomic mass is 10.0. The zero-order valence-corrected chi connectivity index (χ0v) is 12.7. The van der Waals surface area contributed by atoms with Crippen molar-refractivity contribution in [1.29, 1.82) is 0 Å². The third-order valence-electron chi connectivity index (χ3n) is 3.81. The predicted molar refractivity (Wildman–Crippen MR) is 87.0 cm³/mol. The first kappa shape index (κ1) is 16.1. The number of allylic oxidation sites excluding steroid dienone is 1. The minimum atomic E-state index is -4.48. The van der Waals surface area contributed by atoms with E-state index in [0.717, 1.165) is 17.6 Å². The summed E-state index contributed by atoms with van der Waals surface area (Å²) in [6.45, 7) is 4.19. The van der Waals surface area contributed by atoms with E-state index in [1.54, 1.807) is 24.4 Å². The van der Waals surface area contributed by atoms with Gasteiger partial charge in [0, 0.05) is 34.8 Å². The molecule has 2 aromatic carbocycles. The van der Waals surface area contributed by atoms with Gasteiger partial charge < -0.3 is 4.57 Å². The van der Waals surface area contributed by atoms with Gasteiger partial charge in [-0.1, -0.05) is 36.4 Å². The van der Waals surface area contributed by atoms with Crippen LogP contribution in [0.2, 0.25) is 0 Å². The first-order valence-corrected chi connectivity index (χ1v) is 7.32. The van der Waals surface area contributed by atoms with Gasteiger partial charge in [-0.25, -0.2) is 0 Å². The number of carbonyl (C=O) groups excluding carboxylic acids is 1. The molecule has 0 saturated heterocycles. The average molecular weight is 329 g/mol. The number of para-hydroxylation sites is 1. The smallest absolute Gasteiger partial charge is 0.343 e. The number of rotatable bonds is 4. The van der Waals surface area contributed by atoms with E-state index in [1.807, 2.05) is 16.7 Å². The zero-order valence-electron chi connectivity index (χ0n) is 12.7. The second-order valence-corrected chi connectivity index (χ2v) is 5.41. The molecule has 0 saturated carbocycles. The molecule has 0 spiro atoms. The molecule has 0 bridgehead atoms. The monoisotopic (exact) mass is 329 g/mol. The molecule has 0 aliphatic heterocycles. The lowest BCUT2D eigenvalue weighted by Crippen LogP contribution is -2.08. The first-order valence-electron chi connectivity index (χ1n) is 7.32. The molecule has 0 fully saturated rings. The number of carbonyl (C=O) groups is 1. The highest BCUT2D eigenvalue weighted by Gasteiger charge is 2.31. The molecule has 0 unspecified atom stereocenters. The number of benzene rings is 2. The summed E-state index contributed by atoms with van der Waals surface area (Å²) in [5, 5.41) is 0.710. The first-order chi connectivity index (χ1) is 11.4. The van der Waals surface area contributed by atoms with Crippen LogP contribution < -0.4 is 0 Å². The number of ketones is 1. The standard InChI is InChI=1S/C19H14F3NO/c1-2-10-23-12-16(15-8-3-4-9-17(15)23)18(24)13-6-5-7-14(11-13)19(20,21)22/h2-9,11-12H,1,10H2. The molecule has 5 heteroatoms. The molecular formula is C19H14F3NO. The maximum atomic E-state index is 12.9. The van der Waals surface area contributed by atoms with Gasteiger partial charge in [0.15, 0.2) is 5.78 Å². The zero-order chi connectivity index (χ0) is 17.3. The number of hydrogen-bond donors (Lipinski definition) is 0. The molecule has 3 rings (SSSR count). The predicted octanol–water partition coefficient (Wildman–Crippen LogP) is 5.08. The van der Waals surface area contributed by atoms with Crippen LogP contribution in [0.3, 0.4) is 0 Å². The van der Waals surface area contributed by atoms with Gasteiger partial charge in [-0.2, -0.15) is 13.2 Å². The number of alkyl halides is 3. The van der Waals surface area contributed by atoms with Crippen LogP contribution in [-0.2, 0) is 12.7 Å². The summed E-state index contributed by atoms with van der Waals surface area (Å²) < 4.78 is 40.4. The number of halogens is 3. The van der Waals surface area contributed by atoms with Crippen LogP contribution in [-0.4, -0.2) is 10.4 Å². The van der Waals surface area contributed by atoms with Crippen LogP contribution in [0.25, 0.3) is 10.9 Å². The maximum Gasteiger partial charge on any atom is 0.416 e. The third kappa shape index (κ3) is 2.85. The Morgan fingerprint density at radius 3 is 2.58 bits per heavy atom. The van der Waals surface area contributed by atoms with E-state index in [0.29, 0.717) is 17.5 Å². The Labute approximate surface area is 136 Å². The second kappa shape index (κ2) is 6.00. The Morgan fingerprint density at radius 2 is 1.88 bits per heavy atom. The molecule has 2 nitrogen and oxygen atoms in total. The summed E-state index contributed by atoms with van der Waals surface area (Å²) >= 11 is 0. The molecule has 1 aromatic heterocycles. The van der Waals surface area contributed by atoms with Gasteiger partial charge in [0.25, 0.3) is 0 Å². The Bertz CT molecular complexity index is 922. The molecule has 0 N–H and O–H groups in total. The summed E-state index contributed by atoms with van der Waals surface area (Å²) in [7, 11) is 0. The molecule has 0 aliphatic rings. The fourth-order valence-corrected chi connectivity index (χ4v) is 2.71. The van der Waals surface area contributed by atoms with Gasteiger partial charge in [0.05, 0.1) is 5.56 Å². The Morgan fingerprint density at radius 1 is 1.12 bits per heavy atom. The van der Waals surface area contributed by atoms with Crippen molar-refractivity contribution in [3.8, 4) is 0 Å².